The van der Waals surface area contributed by atoms with E-state index in [0.29, 0.717) is 5.57 Å². The minimum absolute atomic E-state index is 0.182. The van der Waals surface area contributed by atoms with Crippen molar-refractivity contribution in [3.8, 4) is 0 Å². The van der Waals surface area contributed by atoms with Crippen molar-refractivity contribution in [3.05, 3.63) is 47.1 Å². The molecule has 5 N–H and O–H groups in total. The van der Waals surface area contributed by atoms with Gasteiger partial charge in [0.05, 0.1) is 0 Å². The van der Waals surface area contributed by atoms with Crippen molar-refractivity contribution in [1.29, 1.82) is 0 Å². The van der Waals surface area contributed by atoms with Crippen LogP contribution in [0.1, 0.15) is 13.3 Å². The minimum atomic E-state index is -5.96. The van der Waals surface area contributed by atoms with Gasteiger partial charge in [0.2, 0.25) is 0 Å². The molecule has 9 heteroatoms. The molecule has 0 amide bonds. The van der Waals surface area contributed by atoms with Gasteiger partial charge in [-0.05, 0) is 30.1 Å². The van der Waals surface area contributed by atoms with Gasteiger partial charge >= 0.3 is 12.4 Å². The lowest BCUT2D eigenvalue weighted by Gasteiger charge is -2.38. The number of halogens is 6. The van der Waals surface area contributed by atoms with E-state index >= 15 is 0 Å². The highest BCUT2D eigenvalue weighted by Gasteiger charge is 2.73. The molecule has 0 aromatic heterocycles. The summed E-state index contributed by atoms with van der Waals surface area (Å²) in [6.07, 6.45) is -8.99. The molecule has 0 heterocycles. The molecule has 3 unspecified atom stereocenters. The topological polar surface area (TPSA) is 72.3 Å². The highest BCUT2D eigenvalue weighted by Crippen LogP contribution is 2.54. The molecule has 3 nitrogen and oxygen atoms in total. The fourth-order valence-corrected chi connectivity index (χ4v) is 3.55. The lowest BCUT2D eigenvalue weighted by Crippen LogP contribution is -2.58. The van der Waals surface area contributed by atoms with Gasteiger partial charge in [-0.3, -0.25) is 0 Å². The summed E-state index contributed by atoms with van der Waals surface area (Å²) >= 11 is 0. The lowest BCUT2D eigenvalue weighted by atomic mass is 9.75. The molecule has 0 aromatic rings. The molecule has 2 aliphatic carbocycles. The Bertz CT molecular complexity index is 657. The van der Waals surface area contributed by atoms with E-state index in [0.717, 1.165) is 12.2 Å². The normalized spacial score (nSPS) is 29.8. The number of allylic oxidation sites excluding steroid dienone is 3. The van der Waals surface area contributed by atoms with Crippen LogP contribution in [0.25, 0.3) is 0 Å². The molecular weight excluding hydrogens is 350 g/mol. The van der Waals surface area contributed by atoms with Gasteiger partial charge in [0.25, 0.3) is 5.60 Å². The number of hydrogen-bond donors (Lipinski definition) is 3. The average Bonchev–Trinajstić information content (AvgIpc) is 2.74. The van der Waals surface area contributed by atoms with Gasteiger partial charge in [-0.25, -0.2) is 0 Å². The second-order valence-corrected chi connectivity index (χ2v) is 6.04. The molecule has 1 saturated carbocycles. The molecule has 25 heavy (non-hydrogen) atoms. The fourth-order valence-electron chi connectivity index (χ4n) is 3.55. The molecule has 0 aliphatic heterocycles. The first-order valence-corrected chi connectivity index (χ1v) is 7.44. The van der Waals surface area contributed by atoms with E-state index in [1.54, 1.807) is 6.92 Å². The Labute approximate surface area is 140 Å². The summed E-state index contributed by atoms with van der Waals surface area (Å²) in [4.78, 5) is 0. The van der Waals surface area contributed by atoms with Crippen LogP contribution >= 0.6 is 0 Å². The molecular formula is C16H18F6N2O. The van der Waals surface area contributed by atoms with Crippen LogP contribution in [0.2, 0.25) is 0 Å². The molecule has 0 bridgehead atoms. The van der Waals surface area contributed by atoms with Crippen molar-refractivity contribution in [2.45, 2.75) is 43.4 Å². The zero-order valence-electron chi connectivity index (χ0n) is 13.2. The largest absolute Gasteiger partial charge is 0.430 e. The first-order valence-electron chi connectivity index (χ1n) is 7.44. The number of nitrogens with two attached hydrogens (primary N) is 2. The van der Waals surface area contributed by atoms with Gasteiger partial charge in [0.1, 0.15) is 0 Å². The van der Waals surface area contributed by atoms with Gasteiger partial charge in [0, 0.05) is 23.6 Å². The van der Waals surface area contributed by atoms with Crippen LogP contribution in [0, 0.1) is 5.92 Å². The van der Waals surface area contributed by atoms with E-state index in [1.165, 1.54) is 6.08 Å². The Morgan fingerprint density at radius 2 is 1.68 bits per heavy atom. The third kappa shape index (κ3) is 2.65. The van der Waals surface area contributed by atoms with Gasteiger partial charge in [-0.15, -0.1) is 0 Å². The molecule has 0 aromatic carbocycles. The summed E-state index contributed by atoms with van der Waals surface area (Å²) in [6.45, 7) is 4.90. The number of alkyl halides is 6. The van der Waals surface area contributed by atoms with Crippen molar-refractivity contribution < 1.29 is 31.4 Å². The predicted octanol–water partition coefficient (Wildman–Crippen LogP) is 2.89. The van der Waals surface area contributed by atoms with E-state index in [2.05, 4.69) is 6.58 Å². The van der Waals surface area contributed by atoms with Gasteiger partial charge in [-0.2, -0.15) is 26.3 Å². The first kappa shape index (κ1) is 19.7. The van der Waals surface area contributed by atoms with E-state index in [-0.39, 0.29) is 12.0 Å². The van der Waals surface area contributed by atoms with Crippen LogP contribution in [0.5, 0.6) is 0 Å². The van der Waals surface area contributed by atoms with Crippen LogP contribution in [-0.2, 0) is 0 Å². The molecule has 0 radical (unpaired) electrons. The lowest BCUT2D eigenvalue weighted by molar-refractivity contribution is -0.351. The Morgan fingerprint density at radius 3 is 2.08 bits per heavy atom. The van der Waals surface area contributed by atoms with Crippen LogP contribution in [0.15, 0.2) is 47.1 Å². The Morgan fingerprint density at radius 1 is 1.16 bits per heavy atom. The Hall–Kier alpha value is -1.58. The maximum absolute atomic E-state index is 13.2. The summed E-state index contributed by atoms with van der Waals surface area (Å²) in [5.41, 5.74) is 5.75. The molecule has 0 saturated heterocycles. The van der Waals surface area contributed by atoms with E-state index in [4.69, 9.17) is 11.5 Å². The minimum Gasteiger partial charge on any atom is -0.369 e. The maximum Gasteiger partial charge on any atom is 0.430 e. The van der Waals surface area contributed by atoms with E-state index in [1.807, 2.05) is 0 Å². The molecule has 1 fully saturated rings. The Kier molecular flexibility index (Phi) is 4.73. The summed E-state index contributed by atoms with van der Waals surface area (Å²) in [5.74, 6) is -0.538. The number of hydrogen-bond acceptors (Lipinski definition) is 3. The maximum atomic E-state index is 13.2. The van der Waals surface area contributed by atoms with Crippen LogP contribution in [-0.4, -0.2) is 35.1 Å². The van der Waals surface area contributed by atoms with Crippen molar-refractivity contribution in [2.75, 3.05) is 0 Å². The Balaban J connectivity index is 2.77. The van der Waals surface area contributed by atoms with Crippen molar-refractivity contribution >= 4 is 0 Å². The highest BCUT2D eigenvalue weighted by molar-refractivity contribution is 5.61. The molecule has 3 atom stereocenters. The standard InChI is InChI=1S/C16H18F6N2O/c1-3-7-10(14(25,15(17,18)19)16(20,21)22)6-5-9-11(7)8(4-2)12(23)13(9)24/h3-4,6,9,12-13,25H,1,5,23-24H2,2H3/b8-4+. The predicted molar refractivity (Wildman–Crippen MR) is 80.2 cm³/mol. The summed E-state index contributed by atoms with van der Waals surface area (Å²) in [6, 6.07) is -1.38. The average molecular weight is 368 g/mol. The fraction of sp³-hybridized carbons (Fsp3) is 0.500. The van der Waals surface area contributed by atoms with Crippen LogP contribution in [0.3, 0.4) is 0 Å². The van der Waals surface area contributed by atoms with Gasteiger partial charge < -0.3 is 16.6 Å². The summed E-state index contributed by atoms with van der Waals surface area (Å²) in [7, 11) is 0. The third-order valence-electron chi connectivity index (χ3n) is 4.80. The molecule has 2 aliphatic rings. The third-order valence-corrected chi connectivity index (χ3v) is 4.80. The zero-order chi connectivity index (χ0) is 19.4. The molecule has 140 valence electrons. The number of rotatable bonds is 2. The van der Waals surface area contributed by atoms with Crippen LogP contribution in [0.4, 0.5) is 26.3 Å². The summed E-state index contributed by atoms with van der Waals surface area (Å²) < 4.78 is 79.4. The monoisotopic (exact) mass is 368 g/mol. The van der Waals surface area contributed by atoms with Crippen LogP contribution < -0.4 is 11.5 Å². The van der Waals surface area contributed by atoms with Gasteiger partial charge in [-0.1, -0.05) is 24.8 Å². The van der Waals surface area contributed by atoms with Crippen molar-refractivity contribution in [2.24, 2.45) is 17.4 Å². The van der Waals surface area contributed by atoms with E-state index < -0.39 is 47.1 Å². The number of fused-ring (bicyclic) bond motifs is 1. The van der Waals surface area contributed by atoms with Crippen molar-refractivity contribution in [1.82, 2.24) is 0 Å². The smallest absolute Gasteiger partial charge is 0.369 e. The van der Waals surface area contributed by atoms with Crippen molar-refractivity contribution in [3.63, 3.8) is 0 Å². The second kappa shape index (κ2) is 6.00. The highest BCUT2D eigenvalue weighted by atomic mass is 19.4. The first-order chi connectivity index (χ1) is 11.3. The molecule has 0 spiro atoms. The summed E-state index contributed by atoms with van der Waals surface area (Å²) in [5, 5.41) is 9.74. The SMILES string of the molecule is C=CC1=C2/C(=C\C)C(N)C(N)C2CC=C1C(O)(C(F)(F)F)C(F)(F)F. The second-order valence-electron chi connectivity index (χ2n) is 6.04. The quantitative estimate of drug-likeness (QED) is 0.657. The zero-order valence-corrected chi connectivity index (χ0v) is 13.2. The number of aliphatic hydroxyl groups is 1. The van der Waals surface area contributed by atoms with Gasteiger partial charge in [0.15, 0.2) is 0 Å². The van der Waals surface area contributed by atoms with E-state index in [9.17, 15) is 31.4 Å². The molecule has 2 rings (SSSR count).